The van der Waals surface area contributed by atoms with Gasteiger partial charge in [0.1, 0.15) is 11.2 Å². The van der Waals surface area contributed by atoms with E-state index in [1.54, 1.807) is 0 Å². The maximum atomic E-state index is 6.29. The molecule has 5 heterocycles. The Balaban J connectivity index is 0.000000133. The third-order valence-corrected chi connectivity index (χ3v) is 31.6. The number of hydrogen-bond donors (Lipinski definition) is 0. The van der Waals surface area contributed by atoms with E-state index in [2.05, 4.69) is 491 Å². The highest BCUT2D eigenvalue weighted by Gasteiger charge is 2.39. The summed E-state index contributed by atoms with van der Waals surface area (Å²) >= 11 is 0. The van der Waals surface area contributed by atoms with Gasteiger partial charge >= 0.3 is 0 Å². The molecule has 0 saturated carbocycles. The lowest BCUT2D eigenvalue weighted by molar-refractivity contribution is 0.660. The van der Waals surface area contributed by atoms with Gasteiger partial charge in [-0.25, -0.2) is 0 Å². The highest BCUT2D eigenvalue weighted by Crippen LogP contribution is 2.56. The van der Waals surface area contributed by atoms with E-state index in [9.17, 15) is 0 Å². The molecule has 0 fully saturated rings. The molecule has 0 amide bonds. The summed E-state index contributed by atoms with van der Waals surface area (Å²) in [7, 11) is 0. The molecule has 0 atom stereocenters. The van der Waals surface area contributed by atoms with Crippen LogP contribution < -0.4 is 9.80 Å². The fourth-order valence-corrected chi connectivity index (χ4v) is 24.8. The van der Waals surface area contributed by atoms with Crippen molar-refractivity contribution in [2.24, 2.45) is 0 Å². The Bertz CT molecular complexity index is 9360. The Morgan fingerprint density at radius 1 is 0.174 bits per heavy atom. The molecule has 5 nitrogen and oxygen atoms in total. The lowest BCUT2D eigenvalue weighted by Crippen LogP contribution is -2.14. The summed E-state index contributed by atoms with van der Waals surface area (Å²) in [5, 5.41) is 22.2. The number of aromatic nitrogens is 2. The summed E-state index contributed by atoms with van der Waals surface area (Å²) in [5.74, 6) is 0. The van der Waals surface area contributed by atoms with Crippen LogP contribution in [0, 0.1) is 0 Å². The highest BCUT2D eigenvalue weighted by atomic mass is 16.3. The lowest BCUT2D eigenvalue weighted by atomic mass is 9.81. The van der Waals surface area contributed by atoms with Crippen molar-refractivity contribution in [2.45, 2.75) is 57.8 Å². The van der Waals surface area contributed by atoms with Crippen molar-refractivity contribution >= 4 is 175 Å². The molecule has 5 aromatic heterocycles. The van der Waals surface area contributed by atoms with E-state index < -0.39 is 0 Å². The van der Waals surface area contributed by atoms with Crippen LogP contribution in [0.5, 0.6) is 0 Å². The summed E-state index contributed by atoms with van der Waals surface area (Å²) in [6.45, 7) is 14.2. The minimum atomic E-state index is -0.0891. The van der Waals surface area contributed by atoms with Crippen molar-refractivity contribution in [1.29, 1.82) is 0 Å². The second kappa shape index (κ2) is 29.0. The molecule has 5 heteroatoms. The molecule has 648 valence electrons. The topological polar surface area (TPSA) is 28.4 Å². The van der Waals surface area contributed by atoms with E-state index in [4.69, 9.17) is 4.42 Å². The van der Waals surface area contributed by atoms with Crippen molar-refractivity contribution in [2.75, 3.05) is 9.80 Å². The average Bonchev–Trinajstić information content (AvgIpc) is 1.52. The molecular formula is C133H90N4O. The maximum absolute atomic E-state index is 6.29. The van der Waals surface area contributed by atoms with Gasteiger partial charge in [-0.05, 0) is 348 Å². The summed E-state index contributed by atoms with van der Waals surface area (Å²) in [6.07, 6.45) is 0. The molecule has 0 spiro atoms. The predicted molar refractivity (Wildman–Crippen MR) is 583 cm³/mol. The molecule has 3 aliphatic rings. The Kier molecular flexibility index (Phi) is 16.4. The van der Waals surface area contributed by atoms with E-state index in [0.29, 0.717) is 0 Å². The molecule has 0 unspecified atom stereocenters. The van der Waals surface area contributed by atoms with Crippen molar-refractivity contribution in [3.8, 4) is 77.9 Å². The fourth-order valence-electron chi connectivity index (χ4n) is 24.8. The second-order valence-electron chi connectivity index (χ2n) is 40.3. The largest absolute Gasteiger partial charge is 0.456 e. The monoisotopic (exact) mass is 1760 g/mol. The Morgan fingerprint density at radius 3 is 0.826 bits per heavy atom. The molecule has 0 N–H and O–H groups in total. The molecule has 27 aromatic rings. The smallest absolute Gasteiger partial charge is 0.135 e. The van der Waals surface area contributed by atoms with Gasteiger partial charge in [-0.1, -0.05) is 284 Å². The Labute approximate surface area is 798 Å². The number of benzene rings is 22. The van der Waals surface area contributed by atoms with Gasteiger partial charge in [-0.15, -0.1) is 0 Å². The first kappa shape index (κ1) is 78.4. The van der Waals surface area contributed by atoms with Crippen molar-refractivity contribution in [3.05, 3.63) is 470 Å². The van der Waals surface area contributed by atoms with Gasteiger partial charge in [0, 0.05) is 104 Å². The van der Waals surface area contributed by atoms with Crippen LogP contribution in [0.2, 0.25) is 0 Å². The number of anilines is 6. The molecule has 22 aromatic carbocycles. The lowest BCUT2D eigenvalue weighted by Gasteiger charge is -2.25. The quantitative estimate of drug-likeness (QED) is 0.137. The van der Waals surface area contributed by atoms with Crippen LogP contribution in [0.15, 0.2) is 441 Å². The maximum Gasteiger partial charge on any atom is 0.135 e. The van der Waals surface area contributed by atoms with Crippen LogP contribution in [-0.4, -0.2) is 8.80 Å². The molecule has 30 rings (SSSR count). The first-order chi connectivity index (χ1) is 67.6. The van der Waals surface area contributed by atoms with Crippen molar-refractivity contribution in [3.63, 3.8) is 0 Å². The number of fused-ring (bicyclic) bond motifs is 28. The zero-order valence-electron chi connectivity index (χ0n) is 77.3. The molecule has 0 aliphatic heterocycles. The number of nitrogens with zero attached hydrogens (tertiary/aromatic N) is 4. The molecule has 0 bridgehead atoms. The molecule has 0 saturated heterocycles. The van der Waals surface area contributed by atoms with E-state index >= 15 is 0 Å². The van der Waals surface area contributed by atoms with Crippen LogP contribution in [0.25, 0.3) is 219 Å². The minimum Gasteiger partial charge on any atom is -0.456 e. The first-order valence-electron chi connectivity index (χ1n) is 48.4. The van der Waals surface area contributed by atoms with Crippen molar-refractivity contribution < 1.29 is 4.42 Å². The van der Waals surface area contributed by atoms with E-state index in [1.165, 1.54) is 231 Å². The fraction of sp³-hybridized carbons (Fsp3) is 0.0677. The number of rotatable bonds is 10. The van der Waals surface area contributed by atoms with Gasteiger partial charge < -0.3 is 23.0 Å². The summed E-state index contributed by atoms with van der Waals surface area (Å²) in [5.41, 5.74) is 42.2. The van der Waals surface area contributed by atoms with Gasteiger partial charge in [0.2, 0.25) is 0 Å². The van der Waals surface area contributed by atoms with Crippen LogP contribution in [0.4, 0.5) is 34.1 Å². The summed E-state index contributed by atoms with van der Waals surface area (Å²) in [6, 6.07) is 163. The van der Waals surface area contributed by atoms with E-state index in [-0.39, 0.29) is 16.2 Å². The van der Waals surface area contributed by atoms with Gasteiger partial charge in [0.25, 0.3) is 0 Å². The zero-order chi connectivity index (χ0) is 91.5. The first-order valence-corrected chi connectivity index (χ1v) is 48.4. The van der Waals surface area contributed by atoms with Gasteiger partial charge in [0.05, 0.1) is 33.1 Å². The van der Waals surface area contributed by atoms with Gasteiger partial charge in [-0.3, -0.25) is 0 Å². The van der Waals surface area contributed by atoms with Crippen LogP contribution in [-0.2, 0) is 16.2 Å². The molecule has 0 radical (unpaired) electrons. The predicted octanol–water partition coefficient (Wildman–Crippen LogP) is 36.7. The third kappa shape index (κ3) is 11.5. The molecule has 138 heavy (non-hydrogen) atoms. The summed E-state index contributed by atoms with van der Waals surface area (Å²) in [4.78, 5) is 4.70. The van der Waals surface area contributed by atoms with Gasteiger partial charge in [-0.2, -0.15) is 0 Å². The Hall–Kier alpha value is -17.1. The molecule has 3 aliphatic carbocycles. The van der Waals surface area contributed by atoms with Crippen LogP contribution in [0.3, 0.4) is 0 Å². The minimum absolute atomic E-state index is 0.0568. The van der Waals surface area contributed by atoms with E-state index in [0.717, 1.165) is 56.1 Å². The number of para-hydroxylation sites is 5. The normalized spacial score (nSPS) is 13.8. The number of furan rings is 1. The second-order valence-corrected chi connectivity index (χ2v) is 40.3. The summed E-state index contributed by atoms with van der Waals surface area (Å²) < 4.78 is 11.4. The van der Waals surface area contributed by atoms with E-state index in [1.807, 2.05) is 6.07 Å². The van der Waals surface area contributed by atoms with Gasteiger partial charge in [0.15, 0.2) is 0 Å². The van der Waals surface area contributed by atoms with Crippen LogP contribution in [0.1, 0.15) is 74.9 Å². The number of hydrogen-bond acceptors (Lipinski definition) is 3. The average molecular weight is 1760 g/mol. The standard InChI is InChI=1S/C68H45NO.C65H45N3/c1-67(2)58-14-8-5-11-48(58)50-24-21-43(34-60(50)67)38-17-19-40-29-53-56-32-47(42-23-26-65-55(31-42)52-13-7-10-16-64(52)70-65)33-57-54-30-41-20-18-39(28-46(41)37-63(54)69(66(56)57)62(53)36-45(40)27-38)44-22-25-51-49-12-6-9-15-59(49)68(3,4)61(51)35-44;1-65(2)60-26-16-15-25-54(60)55-32-29-44(39-61(55)65)47-37-58-56-35-42-27-30-52(66(48-17-7-3-8-18-48)49-19-9-4-10-20-49)33-45(42)40-62(56)68-63-41-46-34-53(31-28-43(46)36-57(63)59(38-47)64(58)68)67(50-21-11-5-12-22-50)51-23-13-6-14-24-51/h5-37H,1-4H3;3-41H,1-2H3. The van der Waals surface area contributed by atoms with Crippen molar-refractivity contribution in [1.82, 2.24) is 8.80 Å². The third-order valence-electron chi connectivity index (χ3n) is 31.6. The molecular weight excluding hydrogens is 1670 g/mol. The Morgan fingerprint density at radius 2 is 0.449 bits per heavy atom. The zero-order valence-corrected chi connectivity index (χ0v) is 77.3. The van der Waals surface area contributed by atoms with Crippen LogP contribution >= 0.6 is 0 Å². The SMILES string of the molecule is CC1(C)c2ccccc2-c2ccc(-c3cc4c5cc6ccc(N(c7ccccc7)c7ccccc7)cc6cc5n5c6cc7cc(N(c8ccccc8)c8ccccc8)ccc7cc6c(c3)c45)cc21.CC1(C)c2ccccc2-c2ccc(-c3ccc4cc5c6cc(-c7ccc8oc9ccccc9c8c7)cc7c8cc9ccc(-c%10ccc%11c(c%10)C(C)(C)c%10ccccc%10-%11)cc9cc8n(c5cc4c3)c67)cc21. The highest BCUT2D eigenvalue weighted by molar-refractivity contribution is 6.29.